The van der Waals surface area contributed by atoms with Gasteiger partial charge in [-0.15, -0.1) is 13.2 Å². The van der Waals surface area contributed by atoms with E-state index in [2.05, 4.69) is 27.8 Å². The summed E-state index contributed by atoms with van der Waals surface area (Å²) in [6, 6.07) is 13.9. The van der Waals surface area contributed by atoms with Crippen LogP contribution in [-0.4, -0.2) is 47.7 Å². The molecule has 2 aliphatic heterocycles. The molecule has 0 radical (unpaired) electrons. The lowest BCUT2D eigenvalue weighted by atomic mass is 9.96. The number of rotatable bonds is 3. The summed E-state index contributed by atoms with van der Waals surface area (Å²) in [5, 5.41) is 0. The van der Waals surface area contributed by atoms with Gasteiger partial charge in [0.1, 0.15) is 5.75 Å². The molecule has 0 unspecified atom stereocenters. The first-order valence-electron chi connectivity index (χ1n) is 8.85. The van der Waals surface area contributed by atoms with Crippen molar-refractivity contribution in [2.24, 2.45) is 0 Å². The first-order chi connectivity index (χ1) is 12.9. The van der Waals surface area contributed by atoms with E-state index in [0.717, 1.165) is 25.6 Å². The fourth-order valence-corrected chi connectivity index (χ4v) is 3.69. The normalized spacial score (nSPS) is 18.0. The van der Waals surface area contributed by atoms with E-state index in [-0.39, 0.29) is 23.3 Å². The fraction of sp³-hybridized carbons (Fsp3) is 0.350. The molecular weight excluding hydrogens is 357 g/mol. The van der Waals surface area contributed by atoms with Gasteiger partial charge in [0.15, 0.2) is 0 Å². The van der Waals surface area contributed by atoms with E-state index in [1.54, 1.807) is 4.90 Å². The second-order valence-electron chi connectivity index (χ2n) is 6.93. The quantitative estimate of drug-likeness (QED) is 0.823. The van der Waals surface area contributed by atoms with E-state index in [4.69, 9.17) is 0 Å². The molecule has 27 heavy (non-hydrogen) atoms. The van der Waals surface area contributed by atoms with Crippen LogP contribution in [0.4, 0.5) is 13.2 Å². The van der Waals surface area contributed by atoms with E-state index in [1.165, 1.54) is 29.3 Å². The Labute approximate surface area is 155 Å². The smallest absolute Gasteiger partial charge is 0.406 e. The van der Waals surface area contributed by atoms with E-state index in [1.807, 2.05) is 6.07 Å². The van der Waals surface area contributed by atoms with Crippen LogP contribution in [0, 0.1) is 0 Å². The molecule has 4 rings (SSSR count). The Kier molecular flexibility index (Phi) is 4.55. The Hall–Kier alpha value is -2.54. The standard InChI is InChI=1S/C20H19F3N2O2/c21-20(22,23)27-18-7-3-6-15(10-18)19(26)25-12-17(13-25)24-9-8-14-4-1-2-5-16(14)11-24/h1-7,10,17H,8-9,11-13H2. The van der Waals surface area contributed by atoms with Crippen molar-refractivity contribution in [3.63, 3.8) is 0 Å². The Balaban J connectivity index is 1.36. The second kappa shape index (κ2) is 6.88. The summed E-state index contributed by atoms with van der Waals surface area (Å²) in [7, 11) is 0. The molecule has 142 valence electrons. The molecule has 1 saturated heterocycles. The first-order valence-corrected chi connectivity index (χ1v) is 8.85. The lowest BCUT2D eigenvalue weighted by molar-refractivity contribution is -0.274. The molecule has 1 fully saturated rings. The number of likely N-dealkylation sites (tertiary alicyclic amines) is 1. The minimum absolute atomic E-state index is 0.208. The number of nitrogens with zero attached hydrogens (tertiary/aromatic N) is 2. The van der Waals surface area contributed by atoms with Gasteiger partial charge in [-0.2, -0.15) is 0 Å². The molecule has 0 N–H and O–H groups in total. The topological polar surface area (TPSA) is 32.8 Å². The third-order valence-electron chi connectivity index (χ3n) is 5.14. The van der Waals surface area contributed by atoms with Crippen molar-refractivity contribution in [1.29, 1.82) is 0 Å². The average molecular weight is 376 g/mol. The number of halogens is 3. The van der Waals surface area contributed by atoms with Gasteiger partial charge in [-0.1, -0.05) is 30.3 Å². The van der Waals surface area contributed by atoms with E-state index < -0.39 is 6.36 Å². The van der Waals surface area contributed by atoms with Crippen LogP contribution in [0.3, 0.4) is 0 Å². The monoisotopic (exact) mass is 376 g/mol. The predicted octanol–water partition coefficient (Wildman–Crippen LogP) is 3.47. The summed E-state index contributed by atoms with van der Waals surface area (Å²) in [4.78, 5) is 16.6. The molecule has 2 aliphatic rings. The van der Waals surface area contributed by atoms with Gasteiger partial charge in [0.2, 0.25) is 0 Å². The third-order valence-corrected chi connectivity index (χ3v) is 5.14. The van der Waals surface area contributed by atoms with Crippen LogP contribution in [0.1, 0.15) is 21.5 Å². The van der Waals surface area contributed by atoms with Gasteiger partial charge in [0, 0.05) is 37.8 Å². The Morgan fingerprint density at radius 2 is 1.78 bits per heavy atom. The lowest BCUT2D eigenvalue weighted by Gasteiger charge is -2.47. The number of amides is 1. The van der Waals surface area contributed by atoms with Gasteiger partial charge in [-0.25, -0.2) is 0 Å². The number of alkyl halides is 3. The highest BCUT2D eigenvalue weighted by atomic mass is 19.4. The minimum Gasteiger partial charge on any atom is -0.406 e. The number of carbonyl (C=O) groups excluding carboxylic acids is 1. The predicted molar refractivity (Wildman–Crippen MR) is 93.4 cm³/mol. The summed E-state index contributed by atoms with van der Waals surface area (Å²) in [6.07, 6.45) is -3.77. The molecule has 0 spiro atoms. The SMILES string of the molecule is O=C(c1cccc(OC(F)(F)F)c1)N1CC(N2CCc3ccccc3C2)C1. The number of benzene rings is 2. The zero-order chi connectivity index (χ0) is 19.0. The van der Waals surface area contributed by atoms with E-state index >= 15 is 0 Å². The molecule has 2 aromatic rings. The number of fused-ring (bicyclic) bond motifs is 1. The van der Waals surface area contributed by atoms with Crippen molar-refractivity contribution >= 4 is 5.91 Å². The number of carbonyl (C=O) groups is 1. The summed E-state index contributed by atoms with van der Waals surface area (Å²) < 4.78 is 40.9. The summed E-state index contributed by atoms with van der Waals surface area (Å²) in [5.41, 5.74) is 2.91. The number of ether oxygens (including phenoxy) is 1. The van der Waals surface area contributed by atoms with Crippen molar-refractivity contribution in [3.8, 4) is 5.75 Å². The number of hydrogen-bond acceptors (Lipinski definition) is 3. The van der Waals surface area contributed by atoms with Gasteiger partial charge < -0.3 is 9.64 Å². The average Bonchev–Trinajstić information content (AvgIpc) is 2.59. The maximum Gasteiger partial charge on any atom is 0.573 e. The van der Waals surface area contributed by atoms with Crippen molar-refractivity contribution in [2.45, 2.75) is 25.4 Å². The highest BCUT2D eigenvalue weighted by molar-refractivity contribution is 5.95. The highest BCUT2D eigenvalue weighted by Gasteiger charge is 2.37. The molecule has 7 heteroatoms. The maximum atomic E-state index is 12.5. The van der Waals surface area contributed by atoms with Crippen LogP contribution in [-0.2, 0) is 13.0 Å². The van der Waals surface area contributed by atoms with E-state index in [0.29, 0.717) is 13.1 Å². The zero-order valence-corrected chi connectivity index (χ0v) is 14.6. The summed E-state index contributed by atoms with van der Waals surface area (Å²) >= 11 is 0. The van der Waals surface area contributed by atoms with Crippen LogP contribution in [0.2, 0.25) is 0 Å². The second-order valence-corrected chi connectivity index (χ2v) is 6.93. The van der Waals surface area contributed by atoms with Crippen LogP contribution < -0.4 is 4.74 Å². The van der Waals surface area contributed by atoms with Gasteiger partial charge >= 0.3 is 6.36 Å². The lowest BCUT2D eigenvalue weighted by Crippen LogP contribution is -2.61. The van der Waals surface area contributed by atoms with Crippen LogP contribution in [0.5, 0.6) is 5.75 Å². The minimum atomic E-state index is -4.77. The maximum absolute atomic E-state index is 12.5. The van der Waals surface area contributed by atoms with Crippen LogP contribution in [0.25, 0.3) is 0 Å². The molecule has 0 bridgehead atoms. The van der Waals surface area contributed by atoms with Crippen molar-refractivity contribution in [2.75, 3.05) is 19.6 Å². The Bertz CT molecular complexity index is 847. The van der Waals surface area contributed by atoms with Crippen LogP contribution in [0.15, 0.2) is 48.5 Å². The fourth-order valence-electron chi connectivity index (χ4n) is 3.69. The summed E-state index contributed by atoms with van der Waals surface area (Å²) in [5.74, 6) is -0.644. The van der Waals surface area contributed by atoms with Crippen molar-refractivity contribution in [1.82, 2.24) is 9.80 Å². The van der Waals surface area contributed by atoms with Gasteiger partial charge in [-0.3, -0.25) is 9.69 Å². The van der Waals surface area contributed by atoms with Gasteiger partial charge in [-0.05, 0) is 35.7 Å². The van der Waals surface area contributed by atoms with Crippen molar-refractivity contribution in [3.05, 3.63) is 65.2 Å². The zero-order valence-electron chi connectivity index (χ0n) is 14.6. The largest absolute Gasteiger partial charge is 0.573 e. The Morgan fingerprint density at radius 3 is 2.52 bits per heavy atom. The van der Waals surface area contributed by atoms with E-state index in [9.17, 15) is 18.0 Å². The molecule has 2 heterocycles. The van der Waals surface area contributed by atoms with Gasteiger partial charge in [0.25, 0.3) is 5.91 Å². The highest BCUT2D eigenvalue weighted by Crippen LogP contribution is 2.27. The molecular formula is C20H19F3N2O2. The molecule has 0 aromatic heterocycles. The molecule has 4 nitrogen and oxygen atoms in total. The van der Waals surface area contributed by atoms with Gasteiger partial charge in [0.05, 0.1) is 0 Å². The molecule has 1 amide bonds. The first kappa shape index (κ1) is 17.9. The Morgan fingerprint density at radius 1 is 1.04 bits per heavy atom. The summed E-state index contributed by atoms with van der Waals surface area (Å²) in [6.45, 7) is 3.01. The molecule has 0 aliphatic carbocycles. The number of hydrogen-bond donors (Lipinski definition) is 0. The molecule has 0 atom stereocenters. The molecule has 0 saturated carbocycles. The molecule has 2 aromatic carbocycles. The van der Waals surface area contributed by atoms with Crippen molar-refractivity contribution < 1.29 is 22.7 Å². The van der Waals surface area contributed by atoms with Crippen LogP contribution >= 0.6 is 0 Å². The third kappa shape index (κ3) is 3.93.